The lowest BCUT2D eigenvalue weighted by molar-refractivity contribution is 0.0532. The second-order valence-corrected chi connectivity index (χ2v) is 7.61. The Kier molecular flexibility index (Phi) is 7.48. The van der Waals surface area contributed by atoms with Crippen LogP contribution >= 0.6 is 11.3 Å². The molecule has 7 nitrogen and oxygen atoms in total. The van der Waals surface area contributed by atoms with Crippen LogP contribution in [0.4, 0.5) is 0 Å². The normalized spacial score (nSPS) is 10.4. The average molecular weight is 459 g/mol. The standard InChI is InChI=1S/C24H26O7S/c1-7-31-24(25)21-13-16(15-11-19(28-4)22(30-6)20(12-15)29-5)23(32-21)14-8-9-17(26-2)18(10-14)27-3/h8-13H,7H2,1-6H3. The Morgan fingerprint density at radius 1 is 0.750 bits per heavy atom. The molecule has 170 valence electrons. The van der Waals surface area contributed by atoms with Gasteiger partial charge in [-0.05, 0) is 54.4 Å². The smallest absolute Gasteiger partial charge is 0.348 e. The van der Waals surface area contributed by atoms with Crippen LogP contribution in [0, 0.1) is 0 Å². The third kappa shape index (κ3) is 4.45. The van der Waals surface area contributed by atoms with Gasteiger partial charge in [-0.25, -0.2) is 4.79 Å². The number of benzene rings is 2. The summed E-state index contributed by atoms with van der Waals surface area (Å²) in [6, 6.07) is 11.1. The highest BCUT2D eigenvalue weighted by Crippen LogP contribution is 2.47. The Labute approximate surface area is 191 Å². The largest absolute Gasteiger partial charge is 0.493 e. The van der Waals surface area contributed by atoms with Crippen LogP contribution in [0.25, 0.3) is 21.6 Å². The summed E-state index contributed by atoms with van der Waals surface area (Å²) in [6.07, 6.45) is 0. The maximum Gasteiger partial charge on any atom is 0.348 e. The minimum Gasteiger partial charge on any atom is -0.493 e. The van der Waals surface area contributed by atoms with Crippen LogP contribution in [0.2, 0.25) is 0 Å². The van der Waals surface area contributed by atoms with Crippen LogP contribution in [-0.2, 0) is 4.74 Å². The molecule has 0 atom stereocenters. The number of carbonyl (C=O) groups excluding carboxylic acids is 1. The number of rotatable bonds is 9. The SMILES string of the molecule is CCOC(=O)c1cc(-c2cc(OC)c(OC)c(OC)c2)c(-c2ccc(OC)c(OC)c2)s1. The number of thiophene rings is 1. The van der Waals surface area contributed by atoms with Gasteiger partial charge in [-0.3, -0.25) is 0 Å². The van der Waals surface area contributed by atoms with E-state index in [9.17, 15) is 4.79 Å². The fraction of sp³-hybridized carbons (Fsp3) is 0.292. The molecule has 0 bridgehead atoms. The molecule has 0 spiro atoms. The lowest BCUT2D eigenvalue weighted by atomic mass is 10.0. The molecule has 0 aliphatic carbocycles. The van der Waals surface area contributed by atoms with Crippen molar-refractivity contribution < 1.29 is 33.2 Å². The van der Waals surface area contributed by atoms with Crippen LogP contribution in [0.1, 0.15) is 16.6 Å². The first kappa shape index (κ1) is 23.3. The molecule has 0 aliphatic heterocycles. The molecule has 32 heavy (non-hydrogen) atoms. The van der Waals surface area contributed by atoms with Gasteiger partial charge in [0.15, 0.2) is 23.0 Å². The van der Waals surface area contributed by atoms with Gasteiger partial charge in [-0.15, -0.1) is 11.3 Å². The zero-order valence-corrected chi connectivity index (χ0v) is 19.8. The first-order valence-corrected chi connectivity index (χ1v) is 10.7. The van der Waals surface area contributed by atoms with Crippen molar-refractivity contribution in [3.63, 3.8) is 0 Å². The van der Waals surface area contributed by atoms with Gasteiger partial charge < -0.3 is 28.4 Å². The first-order chi connectivity index (χ1) is 15.5. The molecule has 0 fully saturated rings. The topological polar surface area (TPSA) is 72.5 Å². The van der Waals surface area contributed by atoms with Crippen molar-refractivity contribution in [3.05, 3.63) is 41.3 Å². The third-order valence-corrected chi connectivity index (χ3v) is 5.99. The molecule has 2 aromatic carbocycles. The first-order valence-electron chi connectivity index (χ1n) is 9.84. The highest BCUT2D eigenvalue weighted by Gasteiger charge is 2.22. The van der Waals surface area contributed by atoms with Crippen LogP contribution in [0.15, 0.2) is 36.4 Å². The van der Waals surface area contributed by atoms with E-state index >= 15 is 0 Å². The monoisotopic (exact) mass is 458 g/mol. The van der Waals surface area contributed by atoms with Crippen molar-refractivity contribution >= 4 is 17.3 Å². The van der Waals surface area contributed by atoms with Crippen molar-refractivity contribution in [3.8, 4) is 50.3 Å². The average Bonchev–Trinajstić information content (AvgIpc) is 3.28. The van der Waals surface area contributed by atoms with Crippen molar-refractivity contribution in [2.24, 2.45) is 0 Å². The lowest BCUT2D eigenvalue weighted by Gasteiger charge is -2.15. The van der Waals surface area contributed by atoms with Gasteiger partial charge in [0.1, 0.15) is 4.88 Å². The van der Waals surface area contributed by atoms with E-state index in [1.54, 1.807) is 42.5 Å². The summed E-state index contributed by atoms with van der Waals surface area (Å²) in [7, 11) is 7.85. The highest BCUT2D eigenvalue weighted by atomic mass is 32.1. The number of methoxy groups -OCH3 is 5. The summed E-state index contributed by atoms with van der Waals surface area (Å²) < 4.78 is 32.5. The minimum absolute atomic E-state index is 0.294. The lowest BCUT2D eigenvalue weighted by Crippen LogP contribution is -2.01. The second kappa shape index (κ2) is 10.3. The van der Waals surface area contributed by atoms with E-state index in [4.69, 9.17) is 28.4 Å². The van der Waals surface area contributed by atoms with Crippen molar-refractivity contribution in [1.82, 2.24) is 0 Å². The van der Waals surface area contributed by atoms with Gasteiger partial charge in [-0.1, -0.05) is 0 Å². The van der Waals surface area contributed by atoms with E-state index in [-0.39, 0.29) is 5.97 Å². The summed E-state index contributed by atoms with van der Waals surface area (Å²) in [5.74, 6) is 2.36. The third-order valence-electron chi connectivity index (χ3n) is 4.83. The maximum atomic E-state index is 12.5. The van der Waals surface area contributed by atoms with Crippen LogP contribution in [-0.4, -0.2) is 48.1 Å². The molecule has 1 aromatic heterocycles. The molecule has 3 rings (SSSR count). The predicted octanol–water partition coefficient (Wildman–Crippen LogP) is 5.30. The van der Waals surface area contributed by atoms with Crippen LogP contribution in [0.3, 0.4) is 0 Å². The summed E-state index contributed by atoms with van der Waals surface area (Å²) in [6.45, 7) is 2.07. The number of ether oxygens (including phenoxy) is 6. The van der Waals surface area contributed by atoms with Crippen molar-refractivity contribution in [1.29, 1.82) is 0 Å². The molecule has 0 saturated heterocycles. The van der Waals surface area contributed by atoms with E-state index in [1.807, 2.05) is 36.4 Å². The Morgan fingerprint density at radius 3 is 1.88 bits per heavy atom. The van der Waals surface area contributed by atoms with Gasteiger partial charge in [0.25, 0.3) is 0 Å². The van der Waals surface area contributed by atoms with Gasteiger partial charge in [0.2, 0.25) is 5.75 Å². The predicted molar refractivity (Wildman–Crippen MR) is 124 cm³/mol. The van der Waals surface area contributed by atoms with E-state index in [1.165, 1.54) is 11.3 Å². The molecular formula is C24H26O7S. The summed E-state index contributed by atoms with van der Waals surface area (Å²) >= 11 is 1.34. The van der Waals surface area contributed by atoms with Gasteiger partial charge in [0.05, 0.1) is 42.2 Å². The van der Waals surface area contributed by atoms with Crippen molar-refractivity contribution in [2.45, 2.75) is 6.92 Å². The molecule has 1 heterocycles. The highest BCUT2D eigenvalue weighted by molar-refractivity contribution is 7.18. The summed E-state index contributed by atoms with van der Waals surface area (Å²) in [4.78, 5) is 13.9. The molecule has 0 aliphatic rings. The molecule has 0 saturated carbocycles. The van der Waals surface area contributed by atoms with E-state index in [0.29, 0.717) is 40.2 Å². The Morgan fingerprint density at radius 2 is 1.34 bits per heavy atom. The van der Waals surface area contributed by atoms with E-state index < -0.39 is 0 Å². The quantitative estimate of drug-likeness (QED) is 0.403. The molecule has 3 aromatic rings. The molecule has 0 radical (unpaired) electrons. The minimum atomic E-state index is -0.377. The van der Waals surface area contributed by atoms with Crippen LogP contribution in [0.5, 0.6) is 28.7 Å². The van der Waals surface area contributed by atoms with Gasteiger partial charge in [0, 0.05) is 10.4 Å². The molecular weight excluding hydrogens is 432 g/mol. The second-order valence-electron chi connectivity index (χ2n) is 6.56. The maximum absolute atomic E-state index is 12.5. The van der Waals surface area contributed by atoms with E-state index in [0.717, 1.165) is 21.6 Å². The molecule has 0 amide bonds. The summed E-state index contributed by atoms with van der Waals surface area (Å²) in [5.41, 5.74) is 2.49. The Balaban J connectivity index is 2.25. The van der Waals surface area contributed by atoms with Gasteiger partial charge in [-0.2, -0.15) is 0 Å². The zero-order chi connectivity index (χ0) is 23.3. The Hall–Kier alpha value is -3.39. The van der Waals surface area contributed by atoms with Gasteiger partial charge >= 0.3 is 5.97 Å². The molecule has 0 unspecified atom stereocenters. The fourth-order valence-corrected chi connectivity index (χ4v) is 4.41. The Bertz CT molecular complexity index is 1080. The number of hydrogen-bond acceptors (Lipinski definition) is 8. The number of esters is 1. The summed E-state index contributed by atoms with van der Waals surface area (Å²) in [5, 5.41) is 0. The number of hydrogen-bond donors (Lipinski definition) is 0. The molecule has 0 N–H and O–H groups in total. The molecule has 8 heteroatoms. The van der Waals surface area contributed by atoms with Crippen LogP contribution < -0.4 is 23.7 Å². The number of carbonyl (C=O) groups is 1. The zero-order valence-electron chi connectivity index (χ0n) is 18.9. The van der Waals surface area contributed by atoms with E-state index in [2.05, 4.69) is 0 Å². The fourth-order valence-electron chi connectivity index (χ4n) is 3.34. The van der Waals surface area contributed by atoms with Crippen molar-refractivity contribution in [2.75, 3.05) is 42.2 Å².